The van der Waals surface area contributed by atoms with Crippen molar-refractivity contribution in [2.24, 2.45) is 0 Å². The highest BCUT2D eigenvalue weighted by atomic mass is 32.2. The number of carbonyl (C=O) groups is 1. The molecule has 1 aliphatic rings. The Labute approximate surface area is 198 Å². The Bertz CT molecular complexity index is 1480. The lowest BCUT2D eigenvalue weighted by Gasteiger charge is -2.32. The highest BCUT2D eigenvalue weighted by Gasteiger charge is 2.26. The highest BCUT2D eigenvalue weighted by Crippen LogP contribution is 2.38. The fraction of sp³-hybridized carbons (Fsp3) is 0.400. The lowest BCUT2D eigenvalue weighted by atomic mass is 9.87. The van der Waals surface area contributed by atoms with E-state index >= 15 is 0 Å². The molecule has 8 nitrogen and oxygen atoms in total. The number of piperidine rings is 1. The molecule has 5 rings (SSSR count). The first-order valence-corrected chi connectivity index (χ1v) is 13.7. The number of likely N-dealkylation sites (tertiary alicyclic amines) is 1. The fourth-order valence-corrected chi connectivity index (χ4v) is 5.69. The molecular weight excluding hydrogens is 450 g/mol. The van der Waals surface area contributed by atoms with Gasteiger partial charge in [-0.25, -0.2) is 17.9 Å². The molecule has 1 amide bonds. The van der Waals surface area contributed by atoms with Gasteiger partial charge in [0.1, 0.15) is 12.1 Å². The van der Waals surface area contributed by atoms with Crippen LogP contribution in [0.15, 0.2) is 42.9 Å². The number of carbonyl (C=O) groups excluding carboxylic acids is 1. The van der Waals surface area contributed by atoms with E-state index in [9.17, 15) is 13.2 Å². The number of sulfone groups is 1. The van der Waals surface area contributed by atoms with Crippen LogP contribution in [-0.2, 0) is 14.6 Å². The van der Waals surface area contributed by atoms with Crippen LogP contribution in [0.5, 0.6) is 0 Å². The summed E-state index contributed by atoms with van der Waals surface area (Å²) in [5.74, 6) is -0.0379. The third kappa shape index (κ3) is 4.32. The largest absolute Gasteiger partial charge is 0.354 e. The maximum Gasteiger partial charge on any atom is 0.237 e. The predicted octanol–water partition coefficient (Wildman–Crippen LogP) is 3.75. The zero-order valence-electron chi connectivity index (χ0n) is 19.7. The van der Waals surface area contributed by atoms with Crippen molar-refractivity contribution < 1.29 is 13.2 Å². The molecule has 1 N–H and O–H groups in total. The van der Waals surface area contributed by atoms with Crippen LogP contribution in [-0.4, -0.2) is 63.9 Å². The number of H-pyrrole nitrogens is 1. The molecule has 1 saturated heterocycles. The molecule has 0 saturated carbocycles. The van der Waals surface area contributed by atoms with Gasteiger partial charge in [0.05, 0.1) is 5.69 Å². The SMILES string of the molecule is CC(C)c1c(-c2ccc3ncnn3c2)[nH]c2ccc(C3CCN(C(=O)CS(C)(=O)=O)CC3)cc12. The van der Waals surface area contributed by atoms with Gasteiger partial charge in [0.15, 0.2) is 15.5 Å². The number of rotatable bonds is 5. The lowest BCUT2D eigenvalue weighted by molar-refractivity contribution is -0.129. The third-order valence-corrected chi connectivity index (χ3v) is 7.48. The minimum atomic E-state index is -3.31. The number of amides is 1. The molecule has 4 heterocycles. The van der Waals surface area contributed by atoms with E-state index in [-0.39, 0.29) is 5.91 Å². The molecular formula is C25H29N5O3S. The number of benzene rings is 1. The number of pyridine rings is 1. The Morgan fingerprint density at radius 3 is 2.65 bits per heavy atom. The minimum Gasteiger partial charge on any atom is -0.354 e. The van der Waals surface area contributed by atoms with Gasteiger partial charge in [-0.05, 0) is 60.1 Å². The van der Waals surface area contributed by atoms with Crippen LogP contribution in [0.2, 0.25) is 0 Å². The third-order valence-electron chi connectivity index (χ3n) is 6.71. The molecule has 0 radical (unpaired) electrons. The molecule has 3 aromatic heterocycles. The normalized spacial score (nSPS) is 15.6. The number of nitrogens with one attached hydrogen (secondary N) is 1. The molecule has 0 spiro atoms. The molecule has 1 aromatic carbocycles. The van der Waals surface area contributed by atoms with E-state index in [1.807, 2.05) is 12.3 Å². The molecule has 0 aliphatic carbocycles. The van der Waals surface area contributed by atoms with E-state index in [0.29, 0.717) is 24.9 Å². The number of hydrogen-bond acceptors (Lipinski definition) is 5. The number of aromatic nitrogens is 4. The van der Waals surface area contributed by atoms with Gasteiger partial charge in [0.2, 0.25) is 5.91 Å². The van der Waals surface area contributed by atoms with Gasteiger partial charge >= 0.3 is 0 Å². The van der Waals surface area contributed by atoms with Crippen molar-refractivity contribution in [2.45, 2.75) is 38.5 Å². The average molecular weight is 480 g/mol. The zero-order chi connectivity index (χ0) is 24.0. The predicted molar refractivity (Wildman–Crippen MR) is 133 cm³/mol. The van der Waals surface area contributed by atoms with E-state index in [1.54, 1.807) is 15.7 Å². The molecule has 0 atom stereocenters. The Hall–Kier alpha value is -3.20. The van der Waals surface area contributed by atoms with Gasteiger partial charge in [-0.1, -0.05) is 19.9 Å². The molecule has 0 unspecified atom stereocenters. The van der Waals surface area contributed by atoms with Gasteiger partial charge in [-0.2, -0.15) is 5.10 Å². The average Bonchev–Trinajstić information content (AvgIpc) is 3.41. The van der Waals surface area contributed by atoms with Crippen LogP contribution < -0.4 is 0 Å². The monoisotopic (exact) mass is 479 g/mol. The quantitative estimate of drug-likeness (QED) is 0.470. The van der Waals surface area contributed by atoms with E-state index in [1.165, 1.54) is 16.5 Å². The number of hydrogen-bond donors (Lipinski definition) is 1. The van der Waals surface area contributed by atoms with E-state index in [0.717, 1.165) is 41.5 Å². The smallest absolute Gasteiger partial charge is 0.237 e. The zero-order valence-corrected chi connectivity index (χ0v) is 20.5. The van der Waals surface area contributed by atoms with E-state index in [2.05, 4.69) is 53.2 Å². The van der Waals surface area contributed by atoms with E-state index in [4.69, 9.17) is 0 Å². The summed E-state index contributed by atoms with van der Waals surface area (Å²) >= 11 is 0. The molecule has 178 valence electrons. The molecule has 9 heteroatoms. The van der Waals surface area contributed by atoms with Crippen molar-refractivity contribution in [3.05, 3.63) is 54.0 Å². The standard InChI is InChI=1S/C25H29N5O3S/c1-16(2)24-20-12-18(17-8-10-29(11-9-17)23(31)14-34(3,32)33)4-6-21(20)28-25(24)19-5-7-22-26-15-27-30(22)13-19/h4-7,12-13,15-17,28H,8-11,14H2,1-3H3. The van der Waals surface area contributed by atoms with Crippen molar-refractivity contribution >= 4 is 32.3 Å². The first-order valence-electron chi connectivity index (χ1n) is 11.6. The van der Waals surface area contributed by atoms with Crippen molar-refractivity contribution in [1.29, 1.82) is 0 Å². The van der Waals surface area contributed by atoms with Crippen LogP contribution in [0.3, 0.4) is 0 Å². The second-order valence-corrected chi connectivity index (χ2v) is 11.7. The first kappa shape index (κ1) is 22.6. The first-order chi connectivity index (χ1) is 16.2. The topological polar surface area (TPSA) is 100 Å². The summed E-state index contributed by atoms with van der Waals surface area (Å²) in [6, 6.07) is 10.7. The Morgan fingerprint density at radius 2 is 1.94 bits per heavy atom. The minimum absolute atomic E-state index is 0.293. The van der Waals surface area contributed by atoms with Crippen LogP contribution >= 0.6 is 0 Å². The summed E-state index contributed by atoms with van der Waals surface area (Å²) < 4.78 is 24.7. The van der Waals surface area contributed by atoms with Gasteiger partial charge in [-0.15, -0.1) is 0 Å². The number of fused-ring (bicyclic) bond motifs is 2. The maximum atomic E-state index is 12.3. The Kier molecular flexibility index (Phi) is 5.67. The van der Waals surface area contributed by atoms with Crippen LogP contribution in [0.1, 0.15) is 49.7 Å². The number of nitrogens with zero attached hydrogens (tertiary/aromatic N) is 4. The fourth-order valence-electron chi connectivity index (χ4n) is 5.05. The summed E-state index contributed by atoms with van der Waals surface area (Å²) in [6.07, 6.45) is 6.33. The van der Waals surface area contributed by atoms with Crippen LogP contribution in [0.4, 0.5) is 0 Å². The maximum absolute atomic E-state index is 12.3. The second kappa shape index (κ2) is 8.54. The van der Waals surface area contributed by atoms with Gasteiger partial charge in [0, 0.05) is 42.0 Å². The van der Waals surface area contributed by atoms with Gasteiger partial charge < -0.3 is 9.88 Å². The molecule has 1 aliphatic heterocycles. The lowest BCUT2D eigenvalue weighted by Crippen LogP contribution is -2.40. The van der Waals surface area contributed by atoms with Gasteiger partial charge in [0.25, 0.3) is 0 Å². The summed E-state index contributed by atoms with van der Waals surface area (Å²) in [4.78, 5) is 21.8. The Balaban J connectivity index is 1.43. The summed E-state index contributed by atoms with van der Waals surface area (Å²) in [6.45, 7) is 5.59. The summed E-state index contributed by atoms with van der Waals surface area (Å²) in [5.41, 5.74) is 6.62. The molecule has 4 aromatic rings. The van der Waals surface area contributed by atoms with Crippen molar-refractivity contribution in [2.75, 3.05) is 25.1 Å². The van der Waals surface area contributed by atoms with Crippen molar-refractivity contribution in [1.82, 2.24) is 24.5 Å². The van der Waals surface area contributed by atoms with Crippen LogP contribution in [0.25, 0.3) is 27.8 Å². The molecule has 34 heavy (non-hydrogen) atoms. The van der Waals surface area contributed by atoms with Crippen LogP contribution in [0, 0.1) is 0 Å². The van der Waals surface area contributed by atoms with Gasteiger partial charge in [-0.3, -0.25) is 4.79 Å². The van der Waals surface area contributed by atoms with Crippen molar-refractivity contribution in [3.63, 3.8) is 0 Å². The molecule has 1 fully saturated rings. The number of aromatic amines is 1. The summed E-state index contributed by atoms with van der Waals surface area (Å²) in [7, 11) is -3.31. The highest BCUT2D eigenvalue weighted by molar-refractivity contribution is 7.91. The Morgan fingerprint density at radius 1 is 1.18 bits per heavy atom. The van der Waals surface area contributed by atoms with Crippen molar-refractivity contribution in [3.8, 4) is 11.3 Å². The second-order valence-electron chi connectivity index (χ2n) is 9.58. The van der Waals surface area contributed by atoms with E-state index < -0.39 is 15.6 Å². The molecule has 0 bridgehead atoms. The summed E-state index contributed by atoms with van der Waals surface area (Å²) in [5, 5.41) is 5.50.